The first-order chi connectivity index (χ1) is 11.4. The van der Waals surface area contributed by atoms with Crippen molar-refractivity contribution in [3.05, 3.63) is 39.0 Å². The maximum absolute atomic E-state index is 13.3. The second-order valence-corrected chi connectivity index (χ2v) is 6.13. The molecule has 1 N–H and O–H groups in total. The van der Waals surface area contributed by atoms with Crippen molar-refractivity contribution in [3.63, 3.8) is 0 Å². The highest BCUT2D eigenvalue weighted by atomic mass is 79.9. The molecular weight excluding hydrogens is 405 g/mol. The number of hydrogen-bond acceptors (Lipinski definition) is 7. The Hall–Kier alpha value is -2.20. The number of nitrogens with one attached hydrogen (secondary N) is 1. The molecular formula is C14H11BrFN3O4S. The third-order valence-electron chi connectivity index (χ3n) is 2.71. The van der Waals surface area contributed by atoms with E-state index < -0.39 is 17.7 Å². The lowest BCUT2D eigenvalue weighted by molar-refractivity contribution is -0.135. The standard InChI is InChI=1S/C14H11BrFN3O4S/c1-22-10-4-7(16)3-9(15)8(10)6-17-19-14-18-13(21)11(24-14)5-12(20)23-2/h3-6H,1-2H3,(H,18,19,21)/b11-5+,17-6?. The van der Waals surface area contributed by atoms with Crippen LogP contribution in [0, 0.1) is 5.82 Å². The van der Waals surface area contributed by atoms with Crippen molar-refractivity contribution in [2.24, 2.45) is 10.2 Å². The predicted octanol–water partition coefficient (Wildman–Crippen LogP) is 2.21. The number of rotatable bonds is 4. The van der Waals surface area contributed by atoms with E-state index in [-0.39, 0.29) is 15.8 Å². The molecule has 0 unspecified atom stereocenters. The molecule has 7 nitrogen and oxygen atoms in total. The molecule has 1 aliphatic rings. The molecule has 0 aliphatic carbocycles. The molecule has 1 saturated heterocycles. The van der Waals surface area contributed by atoms with Crippen molar-refractivity contribution in [1.82, 2.24) is 5.32 Å². The number of amides is 1. The molecule has 126 valence electrons. The van der Waals surface area contributed by atoms with Crippen LogP contribution < -0.4 is 10.1 Å². The lowest BCUT2D eigenvalue weighted by atomic mass is 10.2. The molecule has 1 amide bonds. The molecule has 0 aromatic heterocycles. The number of nitrogens with zero attached hydrogens (tertiary/aromatic N) is 2. The van der Waals surface area contributed by atoms with Gasteiger partial charge in [-0.15, -0.1) is 5.10 Å². The minimum atomic E-state index is -0.641. The molecule has 0 spiro atoms. The number of esters is 1. The first kappa shape index (κ1) is 18.1. The van der Waals surface area contributed by atoms with E-state index in [0.717, 1.165) is 17.8 Å². The molecule has 0 radical (unpaired) electrons. The number of methoxy groups -OCH3 is 2. The van der Waals surface area contributed by atoms with E-state index in [0.29, 0.717) is 10.0 Å². The summed E-state index contributed by atoms with van der Waals surface area (Å²) in [6.45, 7) is 0. The number of halogens is 2. The molecule has 1 aromatic rings. The summed E-state index contributed by atoms with van der Waals surface area (Å²) >= 11 is 4.16. The van der Waals surface area contributed by atoms with Gasteiger partial charge in [-0.05, 0) is 33.8 Å². The van der Waals surface area contributed by atoms with E-state index in [1.54, 1.807) is 0 Å². The maximum Gasteiger partial charge on any atom is 0.331 e. The number of benzene rings is 1. The van der Waals surface area contributed by atoms with E-state index in [1.165, 1.54) is 32.6 Å². The van der Waals surface area contributed by atoms with Crippen LogP contribution in [0.15, 0.2) is 37.8 Å². The van der Waals surface area contributed by atoms with Crippen molar-refractivity contribution in [3.8, 4) is 5.75 Å². The third kappa shape index (κ3) is 4.42. The first-order valence-electron chi connectivity index (χ1n) is 6.37. The van der Waals surface area contributed by atoms with Crippen molar-refractivity contribution in [2.75, 3.05) is 14.2 Å². The SMILES string of the molecule is COC(=O)/C=C1/S/C(=N\N=Cc2c(Br)cc(F)cc2OC)NC1=O. The Kier molecular flexibility index (Phi) is 6.10. The number of hydrogen-bond donors (Lipinski definition) is 1. The fourth-order valence-electron chi connectivity index (χ4n) is 1.64. The quantitative estimate of drug-likeness (QED) is 0.352. The molecule has 1 heterocycles. The molecule has 0 bridgehead atoms. The molecule has 2 rings (SSSR count). The Bertz CT molecular complexity index is 780. The normalized spacial score (nSPS) is 17.6. The largest absolute Gasteiger partial charge is 0.496 e. The van der Waals surface area contributed by atoms with Crippen LogP contribution in [0.5, 0.6) is 5.75 Å². The van der Waals surface area contributed by atoms with Crippen LogP contribution in [0.3, 0.4) is 0 Å². The minimum Gasteiger partial charge on any atom is -0.496 e. The number of amidine groups is 1. The van der Waals surface area contributed by atoms with Gasteiger partial charge in [-0.25, -0.2) is 9.18 Å². The fourth-order valence-corrected chi connectivity index (χ4v) is 2.89. The Morgan fingerprint density at radius 2 is 2.17 bits per heavy atom. The summed E-state index contributed by atoms with van der Waals surface area (Å²) in [5.74, 6) is -1.30. The second kappa shape index (κ2) is 8.06. The number of ether oxygens (including phenoxy) is 2. The molecule has 10 heteroatoms. The van der Waals surface area contributed by atoms with E-state index in [1.807, 2.05) is 0 Å². The molecule has 1 fully saturated rings. The zero-order chi connectivity index (χ0) is 17.7. The smallest absolute Gasteiger partial charge is 0.331 e. The van der Waals surface area contributed by atoms with Crippen LogP contribution in [0.2, 0.25) is 0 Å². The number of carbonyl (C=O) groups excluding carboxylic acids is 2. The van der Waals surface area contributed by atoms with Gasteiger partial charge in [0.25, 0.3) is 5.91 Å². The van der Waals surface area contributed by atoms with Crippen LogP contribution in [-0.4, -0.2) is 37.5 Å². The lowest BCUT2D eigenvalue weighted by Crippen LogP contribution is -2.19. The maximum atomic E-state index is 13.3. The van der Waals surface area contributed by atoms with Gasteiger partial charge in [0, 0.05) is 16.6 Å². The lowest BCUT2D eigenvalue weighted by Gasteiger charge is -2.06. The van der Waals surface area contributed by atoms with Gasteiger partial charge in [0.05, 0.1) is 30.9 Å². The van der Waals surface area contributed by atoms with Gasteiger partial charge in [-0.3, -0.25) is 10.1 Å². The zero-order valence-electron chi connectivity index (χ0n) is 12.5. The van der Waals surface area contributed by atoms with Crippen molar-refractivity contribution in [1.29, 1.82) is 0 Å². The summed E-state index contributed by atoms with van der Waals surface area (Å²) < 4.78 is 23.3. The van der Waals surface area contributed by atoms with Gasteiger partial charge in [-0.2, -0.15) is 5.10 Å². The van der Waals surface area contributed by atoms with E-state index in [2.05, 4.69) is 36.2 Å². The van der Waals surface area contributed by atoms with Crippen molar-refractivity contribution >= 4 is 51.0 Å². The first-order valence-corrected chi connectivity index (χ1v) is 7.98. The van der Waals surface area contributed by atoms with Crippen molar-refractivity contribution in [2.45, 2.75) is 0 Å². The monoisotopic (exact) mass is 415 g/mol. The molecule has 1 aliphatic heterocycles. The van der Waals surface area contributed by atoms with Gasteiger partial charge in [0.1, 0.15) is 11.6 Å². The zero-order valence-corrected chi connectivity index (χ0v) is 14.9. The van der Waals surface area contributed by atoms with E-state index >= 15 is 0 Å². The van der Waals surface area contributed by atoms with E-state index in [9.17, 15) is 14.0 Å². The van der Waals surface area contributed by atoms with Crippen LogP contribution in [-0.2, 0) is 14.3 Å². The van der Waals surface area contributed by atoms with Crippen LogP contribution in [0.4, 0.5) is 4.39 Å². The van der Waals surface area contributed by atoms with Gasteiger partial charge < -0.3 is 9.47 Å². The highest BCUT2D eigenvalue weighted by Gasteiger charge is 2.25. The highest BCUT2D eigenvalue weighted by molar-refractivity contribution is 9.10. The third-order valence-corrected chi connectivity index (χ3v) is 4.27. The predicted molar refractivity (Wildman–Crippen MR) is 91.5 cm³/mol. The molecule has 24 heavy (non-hydrogen) atoms. The molecule has 1 aromatic carbocycles. The van der Waals surface area contributed by atoms with Gasteiger partial charge >= 0.3 is 5.97 Å². The summed E-state index contributed by atoms with van der Waals surface area (Å²) in [6.07, 6.45) is 2.41. The Labute approximate surface area is 149 Å². The molecule has 0 saturated carbocycles. The van der Waals surface area contributed by atoms with Crippen LogP contribution >= 0.6 is 27.7 Å². The summed E-state index contributed by atoms with van der Waals surface area (Å²) in [5.41, 5.74) is 0.489. The fraction of sp³-hybridized carbons (Fsp3) is 0.143. The topological polar surface area (TPSA) is 89.3 Å². The highest BCUT2D eigenvalue weighted by Crippen LogP contribution is 2.27. The summed E-state index contributed by atoms with van der Waals surface area (Å²) in [4.78, 5) is 22.9. The van der Waals surface area contributed by atoms with Crippen LogP contribution in [0.1, 0.15) is 5.56 Å². The van der Waals surface area contributed by atoms with Gasteiger partial charge in [-0.1, -0.05) is 0 Å². The minimum absolute atomic E-state index is 0.149. The number of thioether (sulfide) groups is 1. The summed E-state index contributed by atoms with van der Waals surface area (Å²) in [6, 6.07) is 2.48. The molecule has 0 atom stereocenters. The Morgan fingerprint density at radius 3 is 2.83 bits per heavy atom. The Morgan fingerprint density at radius 1 is 1.42 bits per heavy atom. The van der Waals surface area contributed by atoms with Gasteiger partial charge in [0.2, 0.25) is 0 Å². The average Bonchev–Trinajstić information content (AvgIpc) is 2.88. The van der Waals surface area contributed by atoms with Crippen molar-refractivity contribution < 1.29 is 23.5 Å². The Balaban J connectivity index is 2.18. The van der Waals surface area contributed by atoms with Gasteiger partial charge in [0.15, 0.2) is 5.17 Å². The average molecular weight is 416 g/mol. The number of carbonyl (C=O) groups is 2. The summed E-state index contributed by atoms with van der Waals surface area (Å²) in [5, 5.41) is 10.3. The summed E-state index contributed by atoms with van der Waals surface area (Å²) in [7, 11) is 2.62. The second-order valence-electron chi connectivity index (χ2n) is 4.24. The van der Waals surface area contributed by atoms with Crippen LogP contribution in [0.25, 0.3) is 0 Å². The van der Waals surface area contributed by atoms with E-state index in [4.69, 9.17) is 4.74 Å².